The number of amides is 1. The van der Waals surface area contributed by atoms with Gasteiger partial charge in [0.1, 0.15) is 5.75 Å². The third kappa shape index (κ3) is 2.77. The van der Waals surface area contributed by atoms with Crippen molar-refractivity contribution in [2.24, 2.45) is 0 Å². The lowest BCUT2D eigenvalue weighted by Crippen LogP contribution is -2.32. The lowest BCUT2D eigenvalue weighted by molar-refractivity contribution is 0.0924. The minimum atomic E-state index is -0.0158. The number of aryl methyl sites for hydroxylation is 2. The fourth-order valence-electron chi connectivity index (χ4n) is 2.71. The number of benzene rings is 2. The van der Waals surface area contributed by atoms with Gasteiger partial charge in [-0.25, -0.2) is 0 Å². The first-order valence-corrected chi connectivity index (χ1v) is 7.25. The Morgan fingerprint density at radius 3 is 2.86 bits per heavy atom. The van der Waals surface area contributed by atoms with Crippen molar-refractivity contribution in [1.82, 2.24) is 5.32 Å². The maximum atomic E-state index is 12.5. The molecule has 1 heterocycles. The van der Waals surface area contributed by atoms with Crippen LogP contribution in [0.4, 0.5) is 0 Å². The van der Waals surface area contributed by atoms with Gasteiger partial charge in [0.15, 0.2) is 0 Å². The number of hydrogen-bond donors (Lipinski definition) is 1. The van der Waals surface area contributed by atoms with E-state index in [1.807, 2.05) is 56.3 Å². The van der Waals surface area contributed by atoms with E-state index in [-0.39, 0.29) is 11.9 Å². The minimum absolute atomic E-state index is 0.0158. The Kier molecular flexibility index (Phi) is 3.65. The number of para-hydroxylation sites is 1. The number of hydrogen-bond acceptors (Lipinski definition) is 2. The Morgan fingerprint density at radius 1 is 1.19 bits per heavy atom. The van der Waals surface area contributed by atoms with Crippen LogP contribution in [0.25, 0.3) is 0 Å². The van der Waals surface area contributed by atoms with Crippen molar-refractivity contribution in [3.05, 3.63) is 64.7 Å². The molecule has 2 aromatic carbocycles. The van der Waals surface area contributed by atoms with Crippen molar-refractivity contribution in [3.63, 3.8) is 0 Å². The van der Waals surface area contributed by atoms with E-state index in [9.17, 15) is 4.79 Å². The molecule has 2 aromatic rings. The van der Waals surface area contributed by atoms with Crippen molar-refractivity contribution < 1.29 is 9.53 Å². The quantitative estimate of drug-likeness (QED) is 0.914. The summed E-state index contributed by atoms with van der Waals surface area (Å²) in [5.74, 6) is 0.855. The van der Waals surface area contributed by atoms with Gasteiger partial charge in [0.2, 0.25) is 0 Å². The fraction of sp³-hybridized carbons (Fsp3) is 0.278. The fourth-order valence-corrected chi connectivity index (χ4v) is 2.71. The lowest BCUT2D eigenvalue weighted by Gasteiger charge is -2.26. The van der Waals surface area contributed by atoms with Gasteiger partial charge in [0.05, 0.1) is 12.6 Å². The number of rotatable bonds is 2. The van der Waals surface area contributed by atoms with Crippen LogP contribution in [0.15, 0.2) is 42.5 Å². The molecular weight excluding hydrogens is 262 g/mol. The summed E-state index contributed by atoms with van der Waals surface area (Å²) < 4.78 is 5.63. The molecule has 1 aliphatic heterocycles. The molecule has 1 atom stereocenters. The van der Waals surface area contributed by atoms with Gasteiger partial charge < -0.3 is 10.1 Å². The number of carbonyl (C=O) groups is 1. The molecule has 0 saturated heterocycles. The van der Waals surface area contributed by atoms with Crippen LogP contribution in [-0.2, 0) is 0 Å². The summed E-state index contributed by atoms with van der Waals surface area (Å²) in [5.41, 5.74) is 3.90. The Balaban J connectivity index is 1.84. The maximum absolute atomic E-state index is 12.5. The van der Waals surface area contributed by atoms with Crippen LogP contribution >= 0.6 is 0 Å². The Bertz CT molecular complexity index is 679. The largest absolute Gasteiger partial charge is 0.493 e. The number of fused-ring (bicyclic) bond motifs is 1. The van der Waals surface area contributed by atoms with E-state index in [0.717, 1.165) is 34.4 Å². The molecule has 0 saturated carbocycles. The molecule has 108 valence electrons. The van der Waals surface area contributed by atoms with E-state index in [1.165, 1.54) is 0 Å². The molecule has 3 rings (SSSR count). The Hall–Kier alpha value is -2.29. The van der Waals surface area contributed by atoms with Gasteiger partial charge in [-0.15, -0.1) is 0 Å². The van der Waals surface area contributed by atoms with Crippen molar-refractivity contribution in [2.45, 2.75) is 26.3 Å². The molecule has 0 fully saturated rings. The van der Waals surface area contributed by atoms with Crippen molar-refractivity contribution >= 4 is 5.91 Å². The Labute approximate surface area is 124 Å². The molecule has 0 aromatic heterocycles. The highest BCUT2D eigenvalue weighted by atomic mass is 16.5. The molecule has 0 aliphatic carbocycles. The van der Waals surface area contributed by atoms with Crippen LogP contribution in [-0.4, -0.2) is 12.5 Å². The molecule has 0 spiro atoms. The Morgan fingerprint density at radius 2 is 2.00 bits per heavy atom. The van der Waals surface area contributed by atoms with E-state index in [4.69, 9.17) is 4.74 Å². The average molecular weight is 281 g/mol. The highest BCUT2D eigenvalue weighted by Crippen LogP contribution is 2.31. The molecule has 0 unspecified atom stereocenters. The zero-order valence-corrected chi connectivity index (χ0v) is 12.3. The van der Waals surface area contributed by atoms with Gasteiger partial charge in [-0.2, -0.15) is 0 Å². The number of carbonyl (C=O) groups excluding carboxylic acids is 1. The summed E-state index contributed by atoms with van der Waals surface area (Å²) in [4.78, 5) is 12.5. The second-order valence-electron chi connectivity index (χ2n) is 5.52. The predicted octanol–water partition coefficient (Wildman–Crippen LogP) is 3.56. The van der Waals surface area contributed by atoms with Gasteiger partial charge in [0, 0.05) is 17.5 Å². The molecule has 0 radical (unpaired) electrons. The second-order valence-corrected chi connectivity index (χ2v) is 5.52. The van der Waals surface area contributed by atoms with Gasteiger partial charge in [-0.05, 0) is 31.5 Å². The topological polar surface area (TPSA) is 38.3 Å². The van der Waals surface area contributed by atoms with E-state index in [2.05, 4.69) is 5.32 Å². The average Bonchev–Trinajstić information content (AvgIpc) is 2.50. The summed E-state index contributed by atoms with van der Waals surface area (Å²) >= 11 is 0. The monoisotopic (exact) mass is 281 g/mol. The summed E-state index contributed by atoms with van der Waals surface area (Å²) in [5, 5.41) is 3.14. The third-order valence-corrected chi connectivity index (χ3v) is 3.90. The molecule has 3 heteroatoms. The predicted molar refractivity (Wildman–Crippen MR) is 82.7 cm³/mol. The van der Waals surface area contributed by atoms with Crippen LogP contribution in [0.5, 0.6) is 5.75 Å². The lowest BCUT2D eigenvalue weighted by atomic mass is 9.99. The van der Waals surface area contributed by atoms with E-state index >= 15 is 0 Å². The summed E-state index contributed by atoms with van der Waals surface area (Å²) in [6, 6.07) is 13.9. The smallest absolute Gasteiger partial charge is 0.252 e. The van der Waals surface area contributed by atoms with E-state index < -0.39 is 0 Å². The van der Waals surface area contributed by atoms with Crippen LogP contribution in [0.1, 0.15) is 39.5 Å². The minimum Gasteiger partial charge on any atom is -0.493 e. The normalized spacial score (nSPS) is 16.8. The highest BCUT2D eigenvalue weighted by Gasteiger charge is 2.23. The first-order valence-electron chi connectivity index (χ1n) is 7.25. The van der Waals surface area contributed by atoms with Crippen molar-refractivity contribution in [3.8, 4) is 5.75 Å². The summed E-state index contributed by atoms with van der Waals surface area (Å²) in [6.45, 7) is 4.60. The zero-order valence-electron chi connectivity index (χ0n) is 12.3. The van der Waals surface area contributed by atoms with Crippen molar-refractivity contribution in [2.75, 3.05) is 6.61 Å². The first-order chi connectivity index (χ1) is 10.1. The molecule has 1 aliphatic rings. The van der Waals surface area contributed by atoms with Crippen LogP contribution in [0.2, 0.25) is 0 Å². The molecule has 21 heavy (non-hydrogen) atoms. The second kappa shape index (κ2) is 5.60. The first kappa shape index (κ1) is 13.7. The molecule has 3 nitrogen and oxygen atoms in total. The van der Waals surface area contributed by atoms with E-state index in [1.54, 1.807) is 0 Å². The van der Waals surface area contributed by atoms with Gasteiger partial charge in [-0.1, -0.05) is 35.9 Å². The van der Waals surface area contributed by atoms with Crippen molar-refractivity contribution in [1.29, 1.82) is 0 Å². The van der Waals surface area contributed by atoms with Gasteiger partial charge in [0.25, 0.3) is 5.91 Å². The van der Waals surface area contributed by atoms with Gasteiger partial charge >= 0.3 is 0 Å². The van der Waals surface area contributed by atoms with Crippen LogP contribution in [0, 0.1) is 13.8 Å². The SMILES string of the molecule is Cc1ccc(C)c(C(=O)N[C@H]2CCOc3ccccc32)c1. The zero-order chi connectivity index (χ0) is 14.8. The van der Waals surface area contributed by atoms with Gasteiger partial charge in [-0.3, -0.25) is 4.79 Å². The van der Waals surface area contributed by atoms with Crippen LogP contribution in [0.3, 0.4) is 0 Å². The van der Waals surface area contributed by atoms with E-state index in [0.29, 0.717) is 6.61 Å². The maximum Gasteiger partial charge on any atom is 0.252 e. The number of nitrogens with one attached hydrogen (secondary N) is 1. The summed E-state index contributed by atoms with van der Waals surface area (Å²) in [6.07, 6.45) is 0.799. The highest BCUT2D eigenvalue weighted by molar-refractivity contribution is 5.96. The molecule has 1 amide bonds. The standard InChI is InChI=1S/C18H19NO2/c1-12-7-8-13(2)15(11-12)18(20)19-16-9-10-21-17-6-4-3-5-14(16)17/h3-8,11,16H,9-10H2,1-2H3,(H,19,20)/t16-/m0/s1. The number of ether oxygens (including phenoxy) is 1. The third-order valence-electron chi connectivity index (χ3n) is 3.90. The molecular formula is C18H19NO2. The molecule has 1 N–H and O–H groups in total. The molecule has 0 bridgehead atoms. The van der Waals surface area contributed by atoms with Crippen LogP contribution < -0.4 is 10.1 Å². The summed E-state index contributed by atoms with van der Waals surface area (Å²) in [7, 11) is 0.